The maximum Gasteiger partial charge on any atom is 0.164 e. The lowest BCUT2D eigenvalue weighted by molar-refractivity contribution is 0.218. The maximum absolute atomic E-state index is 9.55. The molecule has 1 atom stereocenters. The number of rotatable bonds is 2. The Kier molecular flexibility index (Phi) is 4.65. The van der Waals surface area contributed by atoms with Gasteiger partial charge in [0.15, 0.2) is 3.77 Å². The summed E-state index contributed by atoms with van der Waals surface area (Å²) in [6.07, 6.45) is 4.92. The van der Waals surface area contributed by atoms with Gasteiger partial charge in [-0.1, -0.05) is 20.8 Å². The molecule has 0 aliphatic heterocycles. The van der Waals surface area contributed by atoms with Gasteiger partial charge in [0.1, 0.15) is 16.8 Å². The monoisotopic (exact) mass is 438 g/mol. The van der Waals surface area contributed by atoms with Crippen LogP contribution in [0, 0.1) is 26.4 Å². The van der Waals surface area contributed by atoms with Crippen molar-refractivity contribution in [3.8, 4) is 6.07 Å². The van der Waals surface area contributed by atoms with Crippen LogP contribution in [-0.4, -0.2) is 6.21 Å². The topological polar surface area (TPSA) is 49.3 Å². The molecule has 2 aromatic heterocycles. The van der Waals surface area contributed by atoms with Gasteiger partial charge in [0, 0.05) is 4.88 Å². The lowest BCUT2D eigenvalue weighted by Gasteiger charge is -2.33. The maximum atomic E-state index is 9.55. The van der Waals surface area contributed by atoms with E-state index in [4.69, 9.17) is 4.42 Å². The SMILES string of the molecule is CC(C)(C)[C@@H]1CCc2c(sc(N=Cc3ccc(I)o3)c2C#N)C1. The minimum absolute atomic E-state index is 0.308. The number of halogens is 1. The molecule has 0 bridgehead atoms. The Hall–Kier alpha value is -1.13. The molecule has 0 aromatic carbocycles. The fraction of sp³-hybridized carbons (Fsp3) is 0.444. The average Bonchev–Trinajstić information content (AvgIpc) is 3.06. The van der Waals surface area contributed by atoms with E-state index < -0.39 is 0 Å². The normalized spacial score (nSPS) is 18.1. The van der Waals surface area contributed by atoms with Crippen LogP contribution in [0.15, 0.2) is 21.5 Å². The summed E-state index contributed by atoms with van der Waals surface area (Å²) in [6.45, 7) is 6.91. The van der Waals surface area contributed by atoms with Crippen LogP contribution in [0.4, 0.5) is 5.00 Å². The molecule has 2 aromatic rings. The largest absolute Gasteiger partial charge is 0.449 e. The van der Waals surface area contributed by atoms with Crippen molar-refractivity contribution in [1.29, 1.82) is 5.26 Å². The van der Waals surface area contributed by atoms with Crippen molar-refractivity contribution in [2.24, 2.45) is 16.3 Å². The fourth-order valence-corrected chi connectivity index (χ4v) is 4.69. The summed E-state index contributed by atoms with van der Waals surface area (Å²) in [7, 11) is 0. The zero-order chi connectivity index (χ0) is 16.6. The molecule has 0 amide bonds. The van der Waals surface area contributed by atoms with Crippen LogP contribution >= 0.6 is 33.9 Å². The number of thiophene rings is 1. The summed E-state index contributed by atoms with van der Waals surface area (Å²) in [5.41, 5.74) is 2.29. The van der Waals surface area contributed by atoms with Gasteiger partial charge in [0.05, 0.1) is 11.8 Å². The smallest absolute Gasteiger partial charge is 0.164 e. The molecule has 0 unspecified atom stereocenters. The molecule has 23 heavy (non-hydrogen) atoms. The fourth-order valence-electron chi connectivity index (χ4n) is 3.04. The van der Waals surface area contributed by atoms with Gasteiger partial charge in [-0.05, 0) is 70.9 Å². The van der Waals surface area contributed by atoms with Crippen LogP contribution in [0.1, 0.15) is 49.0 Å². The zero-order valence-corrected chi connectivity index (χ0v) is 16.5. The molecular formula is C18H19IN2OS. The average molecular weight is 438 g/mol. The van der Waals surface area contributed by atoms with Crippen LogP contribution in [0.2, 0.25) is 0 Å². The Balaban J connectivity index is 1.90. The summed E-state index contributed by atoms with van der Waals surface area (Å²) in [5.74, 6) is 1.39. The van der Waals surface area contributed by atoms with E-state index in [1.165, 1.54) is 10.4 Å². The van der Waals surface area contributed by atoms with E-state index in [0.29, 0.717) is 11.3 Å². The molecule has 5 heteroatoms. The van der Waals surface area contributed by atoms with Crippen LogP contribution in [-0.2, 0) is 12.8 Å². The Bertz CT molecular complexity index is 789. The highest BCUT2D eigenvalue weighted by Gasteiger charge is 2.32. The van der Waals surface area contributed by atoms with Crippen molar-refractivity contribution in [1.82, 2.24) is 0 Å². The van der Waals surface area contributed by atoms with Crippen molar-refractivity contribution < 1.29 is 4.42 Å². The van der Waals surface area contributed by atoms with Gasteiger partial charge in [-0.15, -0.1) is 11.3 Å². The summed E-state index contributed by atoms with van der Waals surface area (Å²) in [5, 5.41) is 10.4. The summed E-state index contributed by atoms with van der Waals surface area (Å²) in [6, 6.07) is 6.16. The van der Waals surface area contributed by atoms with E-state index in [9.17, 15) is 5.26 Å². The van der Waals surface area contributed by atoms with Crippen molar-refractivity contribution >= 4 is 45.1 Å². The van der Waals surface area contributed by atoms with Gasteiger partial charge in [0.25, 0.3) is 0 Å². The quantitative estimate of drug-likeness (QED) is 0.445. The summed E-state index contributed by atoms with van der Waals surface area (Å²) in [4.78, 5) is 5.87. The third kappa shape index (κ3) is 3.53. The first-order valence-electron chi connectivity index (χ1n) is 7.72. The number of hydrogen-bond donors (Lipinski definition) is 0. The highest BCUT2D eigenvalue weighted by atomic mass is 127. The first kappa shape index (κ1) is 16.7. The number of aliphatic imine (C=N–C) groups is 1. The molecule has 0 fully saturated rings. The second-order valence-corrected chi connectivity index (χ2v) is 9.15. The van der Waals surface area contributed by atoms with E-state index in [1.807, 2.05) is 12.1 Å². The third-order valence-electron chi connectivity index (χ3n) is 4.49. The van der Waals surface area contributed by atoms with Gasteiger partial charge in [-0.2, -0.15) is 5.26 Å². The number of nitrogens with zero attached hydrogens (tertiary/aromatic N) is 2. The van der Waals surface area contributed by atoms with Crippen molar-refractivity contribution in [3.05, 3.63) is 37.7 Å². The van der Waals surface area contributed by atoms with Crippen LogP contribution in [0.3, 0.4) is 0 Å². The van der Waals surface area contributed by atoms with E-state index in [-0.39, 0.29) is 0 Å². The second kappa shape index (κ2) is 6.40. The van der Waals surface area contributed by atoms with Crippen LogP contribution < -0.4 is 0 Å². The molecule has 2 heterocycles. The van der Waals surface area contributed by atoms with Crippen LogP contribution in [0.25, 0.3) is 0 Å². The molecule has 0 radical (unpaired) electrons. The van der Waals surface area contributed by atoms with Crippen molar-refractivity contribution in [2.45, 2.75) is 40.0 Å². The lowest BCUT2D eigenvalue weighted by atomic mass is 9.72. The molecule has 3 nitrogen and oxygen atoms in total. The molecule has 0 saturated heterocycles. The Morgan fingerprint density at radius 1 is 1.43 bits per heavy atom. The first-order valence-corrected chi connectivity index (χ1v) is 9.62. The van der Waals surface area contributed by atoms with E-state index in [2.05, 4.69) is 54.4 Å². The third-order valence-corrected chi connectivity index (χ3v) is 6.23. The van der Waals surface area contributed by atoms with Crippen LogP contribution in [0.5, 0.6) is 0 Å². The minimum atomic E-state index is 0.308. The Labute approximate surface area is 154 Å². The Morgan fingerprint density at radius 3 is 2.83 bits per heavy atom. The van der Waals surface area contributed by atoms with Gasteiger partial charge in [0.2, 0.25) is 0 Å². The Morgan fingerprint density at radius 2 is 2.22 bits per heavy atom. The molecule has 1 aliphatic carbocycles. The van der Waals surface area contributed by atoms with E-state index >= 15 is 0 Å². The molecule has 0 spiro atoms. The van der Waals surface area contributed by atoms with Crippen molar-refractivity contribution in [2.75, 3.05) is 0 Å². The first-order chi connectivity index (χ1) is 10.9. The van der Waals surface area contributed by atoms with E-state index in [1.54, 1.807) is 17.6 Å². The minimum Gasteiger partial charge on any atom is -0.449 e. The molecule has 3 rings (SSSR count). The highest BCUT2D eigenvalue weighted by molar-refractivity contribution is 14.1. The highest BCUT2D eigenvalue weighted by Crippen LogP contribution is 2.44. The lowest BCUT2D eigenvalue weighted by Crippen LogP contribution is -2.26. The number of hydrogen-bond acceptors (Lipinski definition) is 4. The molecular weight excluding hydrogens is 419 g/mol. The van der Waals surface area contributed by atoms with Gasteiger partial charge in [-0.25, -0.2) is 4.99 Å². The molecule has 1 aliphatic rings. The molecule has 120 valence electrons. The summed E-state index contributed by atoms with van der Waals surface area (Å²) >= 11 is 3.80. The number of fused-ring (bicyclic) bond motifs is 1. The van der Waals surface area contributed by atoms with Gasteiger partial charge < -0.3 is 4.42 Å². The standard InChI is InChI=1S/C18H19IN2OS/c1-18(2,3)11-4-6-13-14(9-20)17(23-15(13)8-11)21-10-12-5-7-16(19)22-12/h5,7,10-11H,4,6,8H2,1-3H3/t11-/m1/s1. The predicted molar refractivity (Wildman–Crippen MR) is 103 cm³/mol. The predicted octanol–water partition coefficient (Wildman–Crippen LogP) is 5.72. The molecule has 0 N–H and O–H groups in total. The van der Waals surface area contributed by atoms with E-state index in [0.717, 1.165) is 39.4 Å². The second-order valence-electron chi connectivity index (χ2n) is 7.00. The number of nitriles is 1. The number of furan rings is 1. The zero-order valence-electron chi connectivity index (χ0n) is 13.5. The van der Waals surface area contributed by atoms with Gasteiger partial charge >= 0.3 is 0 Å². The van der Waals surface area contributed by atoms with Crippen molar-refractivity contribution in [3.63, 3.8) is 0 Å². The summed E-state index contributed by atoms with van der Waals surface area (Å²) < 4.78 is 6.34. The van der Waals surface area contributed by atoms with Gasteiger partial charge in [-0.3, -0.25) is 0 Å². The molecule has 0 saturated carbocycles.